The molecule has 0 saturated carbocycles. The van der Waals surface area contributed by atoms with E-state index in [1.54, 1.807) is 36.2 Å². The molecule has 0 radical (unpaired) electrons. The van der Waals surface area contributed by atoms with Crippen molar-refractivity contribution in [1.82, 2.24) is 20.1 Å². The van der Waals surface area contributed by atoms with Gasteiger partial charge in [-0.1, -0.05) is 24.3 Å². The van der Waals surface area contributed by atoms with Gasteiger partial charge in [-0.05, 0) is 44.6 Å². The van der Waals surface area contributed by atoms with E-state index in [2.05, 4.69) is 34.3 Å². The van der Waals surface area contributed by atoms with Gasteiger partial charge in [0, 0.05) is 45.3 Å². The summed E-state index contributed by atoms with van der Waals surface area (Å²) in [5, 5.41) is 3.22. The number of pyridine rings is 1. The van der Waals surface area contributed by atoms with Crippen LogP contribution in [0, 0.1) is 0 Å². The molecule has 1 aromatic heterocycles. The Morgan fingerprint density at radius 3 is 2.71 bits per heavy atom. The first kappa shape index (κ1) is 26.7. The number of ether oxygens (including phenoxy) is 1. The van der Waals surface area contributed by atoms with Crippen LogP contribution >= 0.6 is 0 Å². The highest BCUT2D eigenvalue weighted by molar-refractivity contribution is 6.01. The molecule has 0 aliphatic carbocycles. The molecule has 2 aromatic rings. The summed E-state index contributed by atoms with van der Waals surface area (Å²) in [4.78, 5) is 34.7. The number of nitrogens with zero attached hydrogens (tertiary/aromatic N) is 4. The third-order valence-corrected chi connectivity index (χ3v) is 6.29. The molecule has 1 saturated heterocycles. The van der Waals surface area contributed by atoms with Crippen LogP contribution in [0.1, 0.15) is 44.8 Å². The molecule has 190 valence electrons. The number of amides is 1. The highest BCUT2D eigenvalue weighted by Gasteiger charge is 2.23. The van der Waals surface area contributed by atoms with Crippen LogP contribution in [-0.4, -0.2) is 87.1 Å². The van der Waals surface area contributed by atoms with Gasteiger partial charge in [-0.2, -0.15) is 0 Å². The molecule has 1 amide bonds. The Bertz CT molecular complexity index is 985. The summed E-state index contributed by atoms with van der Waals surface area (Å²) >= 11 is 0. The van der Waals surface area contributed by atoms with Gasteiger partial charge in [0.15, 0.2) is 6.29 Å². The summed E-state index contributed by atoms with van der Waals surface area (Å²) < 4.78 is 5.79. The molecule has 1 atom stereocenters. The molecular weight excluding hydrogens is 444 g/mol. The predicted molar refractivity (Wildman–Crippen MR) is 137 cm³/mol. The summed E-state index contributed by atoms with van der Waals surface area (Å²) in [5.74, 6) is 0.757. The molecule has 0 spiro atoms. The molecule has 2 heterocycles. The van der Waals surface area contributed by atoms with Crippen LogP contribution in [-0.2, 0) is 17.8 Å². The van der Waals surface area contributed by atoms with Gasteiger partial charge in [0.1, 0.15) is 5.82 Å². The number of hydrogen-bond donors (Lipinski definition) is 2. The number of aromatic nitrogens is 1. The molecule has 3 rings (SSSR count). The first-order chi connectivity index (χ1) is 16.9. The average Bonchev–Trinajstić information content (AvgIpc) is 3.30. The van der Waals surface area contributed by atoms with Crippen molar-refractivity contribution < 1.29 is 14.3 Å². The molecule has 1 fully saturated rings. The summed E-state index contributed by atoms with van der Waals surface area (Å²) in [6, 6.07) is 11.0. The number of rotatable bonds is 13. The van der Waals surface area contributed by atoms with Gasteiger partial charge in [-0.25, -0.2) is 4.98 Å². The van der Waals surface area contributed by atoms with E-state index in [-0.39, 0.29) is 12.1 Å². The zero-order chi connectivity index (χ0) is 25.2. The van der Waals surface area contributed by atoms with E-state index in [1.165, 1.54) is 5.56 Å². The summed E-state index contributed by atoms with van der Waals surface area (Å²) in [5.41, 5.74) is 9.27. The maximum absolute atomic E-state index is 12.6. The van der Waals surface area contributed by atoms with Crippen LogP contribution < -0.4 is 16.0 Å². The molecule has 35 heavy (non-hydrogen) atoms. The number of carbonyl (C=O) groups is 2. The van der Waals surface area contributed by atoms with Gasteiger partial charge < -0.3 is 25.6 Å². The van der Waals surface area contributed by atoms with Crippen molar-refractivity contribution in [3.05, 3.63) is 58.8 Å². The van der Waals surface area contributed by atoms with E-state index < -0.39 is 0 Å². The second-order valence-corrected chi connectivity index (χ2v) is 8.99. The number of carbonyl (C=O) groups excluding carboxylic acids is 2. The van der Waals surface area contributed by atoms with E-state index in [0.29, 0.717) is 43.7 Å². The van der Waals surface area contributed by atoms with E-state index in [1.807, 2.05) is 7.05 Å². The van der Waals surface area contributed by atoms with E-state index in [9.17, 15) is 9.59 Å². The average molecular weight is 483 g/mol. The number of aldehydes is 1. The third-order valence-electron chi connectivity index (χ3n) is 6.29. The van der Waals surface area contributed by atoms with Gasteiger partial charge in [0.25, 0.3) is 5.91 Å². The van der Waals surface area contributed by atoms with Crippen molar-refractivity contribution in [1.29, 1.82) is 0 Å². The van der Waals surface area contributed by atoms with Crippen LogP contribution in [0.5, 0.6) is 0 Å². The third kappa shape index (κ3) is 7.32. The lowest BCUT2D eigenvalue weighted by molar-refractivity contribution is 0.0659. The van der Waals surface area contributed by atoms with E-state index in [4.69, 9.17) is 15.5 Å². The maximum atomic E-state index is 12.6. The Balaban J connectivity index is 1.46. The van der Waals surface area contributed by atoms with Crippen molar-refractivity contribution in [2.24, 2.45) is 5.73 Å². The second kappa shape index (κ2) is 13.3. The quantitative estimate of drug-likeness (QED) is 0.329. The van der Waals surface area contributed by atoms with Gasteiger partial charge in [0.2, 0.25) is 0 Å². The Labute approximate surface area is 208 Å². The number of benzene rings is 1. The maximum Gasteiger partial charge on any atom is 0.254 e. The largest absolute Gasteiger partial charge is 0.378 e. The standard InChI is InChI=1S/C26H38N6O3/c1-28-17-20-10-11-25(32-12-6-9-24(32)27)29-23(20)18-30(2)13-15-35-16-14-31(3)26(34)22-8-5-4-7-21(22)19-33/h4-5,7-8,10-11,19,24,28H,6,9,12-18,27H2,1-3H3. The number of anilines is 1. The highest BCUT2D eigenvalue weighted by Crippen LogP contribution is 2.23. The molecule has 3 N–H and O–H groups in total. The van der Waals surface area contributed by atoms with Crippen LogP contribution in [0.15, 0.2) is 36.4 Å². The minimum atomic E-state index is -0.186. The van der Waals surface area contributed by atoms with Crippen molar-refractivity contribution >= 4 is 18.0 Å². The van der Waals surface area contributed by atoms with Gasteiger partial charge in [0.05, 0.1) is 30.6 Å². The molecule has 0 bridgehead atoms. The van der Waals surface area contributed by atoms with E-state index in [0.717, 1.165) is 44.0 Å². The summed E-state index contributed by atoms with van der Waals surface area (Å²) in [6.07, 6.45) is 2.84. The number of nitrogens with one attached hydrogen (secondary N) is 1. The fourth-order valence-corrected chi connectivity index (χ4v) is 4.20. The van der Waals surface area contributed by atoms with Crippen LogP contribution in [0.4, 0.5) is 5.82 Å². The lowest BCUT2D eigenvalue weighted by atomic mass is 10.1. The smallest absolute Gasteiger partial charge is 0.254 e. The van der Waals surface area contributed by atoms with Crippen molar-refractivity contribution in [3.8, 4) is 0 Å². The lowest BCUT2D eigenvalue weighted by Crippen LogP contribution is -2.37. The van der Waals surface area contributed by atoms with Crippen molar-refractivity contribution in [2.45, 2.75) is 32.1 Å². The van der Waals surface area contributed by atoms with E-state index >= 15 is 0 Å². The second-order valence-electron chi connectivity index (χ2n) is 8.99. The molecule has 1 aliphatic heterocycles. The van der Waals surface area contributed by atoms with Crippen LogP contribution in [0.3, 0.4) is 0 Å². The van der Waals surface area contributed by atoms with Gasteiger partial charge in [-0.3, -0.25) is 14.5 Å². The zero-order valence-electron chi connectivity index (χ0n) is 21.1. The lowest BCUT2D eigenvalue weighted by Gasteiger charge is -2.25. The number of hydrogen-bond acceptors (Lipinski definition) is 8. The molecule has 1 unspecified atom stereocenters. The zero-order valence-corrected chi connectivity index (χ0v) is 21.1. The Morgan fingerprint density at radius 2 is 2.00 bits per heavy atom. The minimum absolute atomic E-state index is 0.0357. The number of likely N-dealkylation sites (N-methyl/N-ethyl adjacent to an activating group) is 2. The SMILES string of the molecule is CNCc1ccc(N2CCCC2N)nc1CN(C)CCOCCN(C)C(=O)c1ccccc1C=O. The Morgan fingerprint density at radius 1 is 1.23 bits per heavy atom. The minimum Gasteiger partial charge on any atom is -0.378 e. The topological polar surface area (TPSA) is 104 Å². The predicted octanol–water partition coefficient (Wildman–Crippen LogP) is 1.72. The molecular formula is C26H38N6O3. The van der Waals surface area contributed by atoms with Gasteiger partial charge >= 0.3 is 0 Å². The van der Waals surface area contributed by atoms with Crippen LogP contribution in [0.2, 0.25) is 0 Å². The first-order valence-electron chi connectivity index (χ1n) is 12.2. The van der Waals surface area contributed by atoms with Gasteiger partial charge in [-0.15, -0.1) is 0 Å². The molecule has 1 aliphatic rings. The monoisotopic (exact) mass is 482 g/mol. The fraction of sp³-hybridized carbons (Fsp3) is 0.500. The summed E-state index contributed by atoms with van der Waals surface area (Å²) in [6.45, 7) is 4.55. The molecule has 1 aromatic carbocycles. The Kier molecular flexibility index (Phi) is 10.2. The molecule has 9 heteroatoms. The summed E-state index contributed by atoms with van der Waals surface area (Å²) in [7, 11) is 5.70. The molecule has 9 nitrogen and oxygen atoms in total. The Hall–Kier alpha value is -2.85. The fourth-order valence-electron chi connectivity index (χ4n) is 4.20. The van der Waals surface area contributed by atoms with Crippen LogP contribution in [0.25, 0.3) is 0 Å². The first-order valence-corrected chi connectivity index (χ1v) is 12.2. The number of nitrogens with two attached hydrogens (primary N) is 1. The highest BCUT2D eigenvalue weighted by atomic mass is 16.5. The normalized spacial score (nSPS) is 15.6. The van der Waals surface area contributed by atoms with Crippen molar-refractivity contribution in [2.75, 3.05) is 58.9 Å². The van der Waals surface area contributed by atoms with Crippen molar-refractivity contribution in [3.63, 3.8) is 0 Å².